The summed E-state index contributed by atoms with van der Waals surface area (Å²) in [6.45, 7) is 2.54. The van der Waals surface area contributed by atoms with Crippen LogP contribution in [0.25, 0.3) is 0 Å². The molecule has 1 aromatic heterocycles. The number of ketones is 2. The van der Waals surface area contributed by atoms with Gasteiger partial charge in [0, 0.05) is 49.0 Å². The van der Waals surface area contributed by atoms with Gasteiger partial charge in [-0.25, -0.2) is 8.78 Å². The Kier molecular flexibility index (Phi) is 7.36. The van der Waals surface area contributed by atoms with Crippen LogP contribution in [-0.4, -0.2) is 16.6 Å². The van der Waals surface area contributed by atoms with Crippen molar-refractivity contribution >= 4 is 23.2 Å². The highest BCUT2D eigenvalue weighted by Gasteiger charge is 2.27. The SMILES string of the molecule is CCC(=O)c1cc(Oc2ccc(CC(=O)Cc3ccc(Cl)c(C(C)(F)F)c3)cc2)ccn1. The minimum absolute atomic E-state index is 0.0235. The van der Waals surface area contributed by atoms with E-state index >= 15 is 0 Å². The average Bonchev–Trinajstić information content (AvgIpc) is 2.75. The van der Waals surface area contributed by atoms with E-state index in [2.05, 4.69) is 4.98 Å². The van der Waals surface area contributed by atoms with Crippen LogP contribution in [0, 0.1) is 0 Å². The first-order valence-corrected chi connectivity index (χ1v) is 10.5. The second-order valence-electron chi connectivity index (χ2n) is 7.49. The van der Waals surface area contributed by atoms with Crippen LogP contribution in [0.3, 0.4) is 0 Å². The molecule has 0 N–H and O–H groups in total. The molecule has 0 unspecified atom stereocenters. The number of carbonyl (C=O) groups is 2. The van der Waals surface area contributed by atoms with E-state index in [1.807, 2.05) is 0 Å². The highest BCUT2D eigenvalue weighted by Crippen LogP contribution is 2.33. The molecule has 0 saturated carbocycles. The molecule has 0 saturated heterocycles. The maximum Gasteiger partial charge on any atom is 0.271 e. The number of aromatic nitrogens is 1. The molecule has 0 fully saturated rings. The summed E-state index contributed by atoms with van der Waals surface area (Å²) >= 11 is 5.85. The summed E-state index contributed by atoms with van der Waals surface area (Å²) in [5.74, 6) is -2.21. The van der Waals surface area contributed by atoms with E-state index in [4.69, 9.17) is 16.3 Å². The average molecular weight is 458 g/mol. The molecule has 0 radical (unpaired) electrons. The summed E-state index contributed by atoms with van der Waals surface area (Å²) in [4.78, 5) is 28.3. The third-order valence-corrected chi connectivity index (χ3v) is 5.13. The zero-order valence-corrected chi connectivity index (χ0v) is 18.5. The molecule has 7 heteroatoms. The summed E-state index contributed by atoms with van der Waals surface area (Å²) in [6.07, 6.45) is 2.06. The molecule has 0 bridgehead atoms. The Morgan fingerprint density at radius 3 is 2.28 bits per heavy atom. The molecule has 0 aliphatic rings. The first-order chi connectivity index (χ1) is 15.2. The van der Waals surface area contributed by atoms with Gasteiger partial charge in [0.15, 0.2) is 5.78 Å². The summed E-state index contributed by atoms with van der Waals surface area (Å²) < 4.78 is 33.1. The van der Waals surface area contributed by atoms with Crippen LogP contribution in [-0.2, 0) is 23.6 Å². The van der Waals surface area contributed by atoms with Crippen molar-refractivity contribution in [2.45, 2.75) is 39.0 Å². The maximum atomic E-state index is 13.7. The van der Waals surface area contributed by atoms with Crippen LogP contribution < -0.4 is 4.74 Å². The Morgan fingerprint density at radius 1 is 0.969 bits per heavy atom. The quantitative estimate of drug-likeness (QED) is 0.340. The van der Waals surface area contributed by atoms with Crippen molar-refractivity contribution in [3.05, 3.63) is 88.2 Å². The Morgan fingerprint density at radius 2 is 1.62 bits per heavy atom. The molecule has 0 aliphatic carbocycles. The molecular weight excluding hydrogens is 436 g/mol. The Balaban J connectivity index is 1.62. The Bertz CT molecular complexity index is 1120. The van der Waals surface area contributed by atoms with Gasteiger partial charge in [-0.1, -0.05) is 36.7 Å². The molecule has 3 aromatic rings. The van der Waals surface area contributed by atoms with Gasteiger partial charge in [0.05, 0.1) is 0 Å². The topological polar surface area (TPSA) is 56.3 Å². The fraction of sp³-hybridized carbons (Fsp3) is 0.240. The van der Waals surface area contributed by atoms with E-state index in [0.717, 1.165) is 12.5 Å². The van der Waals surface area contributed by atoms with Gasteiger partial charge < -0.3 is 4.74 Å². The zero-order chi connectivity index (χ0) is 23.3. The molecule has 0 atom stereocenters. The predicted molar refractivity (Wildman–Crippen MR) is 119 cm³/mol. The molecule has 32 heavy (non-hydrogen) atoms. The fourth-order valence-electron chi connectivity index (χ4n) is 3.16. The standard InChI is InChI=1S/C25H22ClF2NO3/c1-3-24(31)23-15-20(10-11-29-23)32-19-7-4-16(5-8-19)12-18(30)13-17-6-9-22(26)21(14-17)25(2,27)28/h4-11,14-15H,3,12-13H2,1-2H3. The van der Waals surface area contributed by atoms with Crippen molar-refractivity contribution in [2.24, 2.45) is 0 Å². The third kappa shape index (κ3) is 6.20. The molecule has 0 spiro atoms. The number of pyridine rings is 1. The number of benzene rings is 2. The first kappa shape index (κ1) is 23.5. The lowest BCUT2D eigenvalue weighted by molar-refractivity contribution is -0.117. The van der Waals surface area contributed by atoms with Crippen LogP contribution >= 0.6 is 11.6 Å². The van der Waals surface area contributed by atoms with Crippen molar-refractivity contribution in [2.75, 3.05) is 0 Å². The van der Waals surface area contributed by atoms with Crippen LogP contribution in [0.4, 0.5) is 8.78 Å². The minimum Gasteiger partial charge on any atom is -0.457 e. The summed E-state index contributed by atoms with van der Waals surface area (Å²) in [5, 5.41) is -0.0235. The van der Waals surface area contributed by atoms with Crippen molar-refractivity contribution in [3.8, 4) is 11.5 Å². The zero-order valence-electron chi connectivity index (χ0n) is 17.7. The predicted octanol–water partition coefficient (Wildman–Crippen LogP) is 6.59. The highest BCUT2D eigenvalue weighted by molar-refractivity contribution is 6.31. The lowest BCUT2D eigenvalue weighted by atomic mass is 9.99. The van der Waals surface area contributed by atoms with Gasteiger partial charge in [-0.15, -0.1) is 0 Å². The smallest absolute Gasteiger partial charge is 0.271 e. The first-order valence-electron chi connectivity index (χ1n) is 10.1. The lowest BCUT2D eigenvalue weighted by Crippen LogP contribution is -2.11. The maximum absolute atomic E-state index is 13.7. The van der Waals surface area contributed by atoms with Gasteiger partial charge >= 0.3 is 0 Å². The fourth-order valence-corrected chi connectivity index (χ4v) is 3.44. The van der Waals surface area contributed by atoms with E-state index in [1.165, 1.54) is 18.3 Å². The van der Waals surface area contributed by atoms with Crippen LogP contribution in [0.15, 0.2) is 60.8 Å². The number of hydrogen-bond acceptors (Lipinski definition) is 4. The summed E-state index contributed by atoms with van der Waals surface area (Å²) in [6, 6.07) is 14.5. The third-order valence-electron chi connectivity index (χ3n) is 4.80. The van der Waals surface area contributed by atoms with Gasteiger partial charge in [-0.05, 0) is 41.5 Å². The number of ether oxygens (including phenoxy) is 1. The molecular formula is C25H22ClF2NO3. The second-order valence-corrected chi connectivity index (χ2v) is 7.90. The molecule has 0 amide bonds. The number of carbonyl (C=O) groups excluding carboxylic acids is 2. The van der Waals surface area contributed by atoms with Gasteiger partial charge in [-0.3, -0.25) is 14.6 Å². The van der Waals surface area contributed by atoms with Crippen molar-refractivity contribution in [1.29, 1.82) is 0 Å². The van der Waals surface area contributed by atoms with Gasteiger partial charge in [-0.2, -0.15) is 0 Å². The van der Waals surface area contributed by atoms with Gasteiger partial charge in [0.25, 0.3) is 5.92 Å². The summed E-state index contributed by atoms with van der Waals surface area (Å²) in [7, 11) is 0. The van der Waals surface area contributed by atoms with Crippen LogP contribution in [0.1, 0.15) is 47.4 Å². The van der Waals surface area contributed by atoms with Crippen LogP contribution in [0.2, 0.25) is 5.02 Å². The van der Waals surface area contributed by atoms with Gasteiger partial charge in [0.1, 0.15) is 23.0 Å². The highest BCUT2D eigenvalue weighted by atomic mass is 35.5. The summed E-state index contributed by atoms with van der Waals surface area (Å²) in [5.41, 5.74) is 1.32. The number of alkyl halides is 2. The number of nitrogens with zero attached hydrogens (tertiary/aromatic N) is 1. The molecule has 166 valence electrons. The number of Topliss-reactive ketones (excluding diaryl/α,β-unsaturated/α-hetero) is 2. The van der Waals surface area contributed by atoms with Crippen molar-refractivity contribution in [3.63, 3.8) is 0 Å². The Labute approximate surface area is 190 Å². The van der Waals surface area contributed by atoms with Crippen LogP contribution in [0.5, 0.6) is 11.5 Å². The lowest BCUT2D eigenvalue weighted by Gasteiger charge is -2.14. The molecule has 0 aliphatic heterocycles. The van der Waals surface area contributed by atoms with E-state index in [9.17, 15) is 18.4 Å². The van der Waals surface area contributed by atoms with Crippen molar-refractivity contribution < 1.29 is 23.1 Å². The van der Waals surface area contributed by atoms with E-state index in [-0.39, 0.29) is 35.0 Å². The number of hydrogen-bond donors (Lipinski definition) is 0. The number of halogens is 3. The second kappa shape index (κ2) is 10.0. The van der Waals surface area contributed by atoms with E-state index in [1.54, 1.807) is 49.4 Å². The molecule has 4 nitrogen and oxygen atoms in total. The monoisotopic (exact) mass is 457 g/mol. The van der Waals surface area contributed by atoms with Gasteiger partial charge in [0.2, 0.25) is 0 Å². The minimum atomic E-state index is -3.08. The molecule has 2 aromatic carbocycles. The number of rotatable bonds is 9. The molecule has 1 heterocycles. The van der Waals surface area contributed by atoms with E-state index < -0.39 is 5.92 Å². The van der Waals surface area contributed by atoms with E-state index in [0.29, 0.717) is 29.2 Å². The van der Waals surface area contributed by atoms with Crippen molar-refractivity contribution in [1.82, 2.24) is 4.98 Å². The molecule has 3 rings (SSSR count). The normalized spacial score (nSPS) is 11.3. The largest absolute Gasteiger partial charge is 0.457 e. The Hall–Kier alpha value is -3.12.